The Morgan fingerprint density at radius 2 is 1.76 bits per heavy atom. The van der Waals surface area contributed by atoms with Crippen LogP contribution in [0, 0.1) is 4.91 Å². The van der Waals surface area contributed by atoms with Gasteiger partial charge in [0.2, 0.25) is 23.6 Å². The van der Waals surface area contributed by atoms with Crippen LogP contribution in [0.1, 0.15) is 46.2 Å². The van der Waals surface area contributed by atoms with Crippen LogP contribution in [0.25, 0.3) is 0 Å². The second-order valence-corrected chi connectivity index (χ2v) is 13.0. The molecule has 0 radical (unpaired) electrons. The van der Waals surface area contributed by atoms with Crippen LogP contribution in [0.4, 0.5) is 0 Å². The average molecular weight is 552 g/mol. The van der Waals surface area contributed by atoms with Gasteiger partial charge in [-0.2, -0.15) is 0 Å². The Hall–Kier alpha value is -3.13. The predicted octanol–water partition coefficient (Wildman–Crippen LogP) is 1.17. The molecular weight excluding hydrogens is 522 g/mol. The van der Waals surface area contributed by atoms with Gasteiger partial charge in [0, 0.05) is 28.2 Å². The molecule has 4 amide bonds. The third-order valence-electron chi connectivity index (χ3n) is 6.23. The maximum absolute atomic E-state index is 13.4. The zero-order valence-electron chi connectivity index (χ0n) is 20.9. The van der Waals surface area contributed by atoms with E-state index in [2.05, 4.69) is 20.5 Å². The summed E-state index contributed by atoms with van der Waals surface area (Å²) in [6.45, 7) is 7.77. The second-order valence-electron chi connectivity index (χ2n) is 9.84. The molecule has 5 unspecified atom stereocenters. The molecule has 37 heavy (non-hydrogen) atoms. The van der Waals surface area contributed by atoms with Crippen molar-refractivity contribution in [2.75, 3.05) is 0 Å². The molecule has 1 aromatic rings. The number of nitrogens with one attached hydrogen (secondary N) is 3. The molecule has 5 atom stereocenters. The van der Waals surface area contributed by atoms with Crippen LogP contribution >= 0.6 is 23.7 Å². The Morgan fingerprint density at radius 1 is 1.14 bits per heavy atom. The van der Waals surface area contributed by atoms with Gasteiger partial charge in [0.05, 0.1) is 4.75 Å². The second kappa shape index (κ2) is 10.7. The molecule has 14 heteroatoms. The van der Waals surface area contributed by atoms with E-state index in [-0.39, 0.29) is 0 Å². The fraction of sp³-hybridized carbons (Fsp3) is 0.522. The average Bonchev–Trinajstić information content (AvgIpc) is 3.07. The highest BCUT2D eigenvalue weighted by molar-refractivity contribution is 8.01. The number of carbonyl (C=O) groups excluding carboxylic acids is 4. The number of benzene rings is 1. The van der Waals surface area contributed by atoms with Gasteiger partial charge >= 0.3 is 5.97 Å². The summed E-state index contributed by atoms with van der Waals surface area (Å²) in [5, 5.41) is 16.8. The van der Waals surface area contributed by atoms with Gasteiger partial charge in [-0.25, -0.2) is 4.79 Å². The van der Waals surface area contributed by atoms with Gasteiger partial charge in [0.25, 0.3) is 0 Å². The van der Waals surface area contributed by atoms with Crippen molar-refractivity contribution in [2.45, 2.75) is 73.7 Å². The largest absolute Gasteiger partial charge is 0.480 e. The van der Waals surface area contributed by atoms with Gasteiger partial charge in [0.1, 0.15) is 29.5 Å². The third-order valence-corrected chi connectivity index (χ3v) is 8.58. The van der Waals surface area contributed by atoms with Gasteiger partial charge in [-0.15, -0.1) is 16.7 Å². The van der Waals surface area contributed by atoms with Crippen molar-refractivity contribution in [3.63, 3.8) is 0 Å². The lowest BCUT2D eigenvalue weighted by atomic mass is 9.95. The van der Waals surface area contributed by atoms with E-state index >= 15 is 0 Å². The molecule has 0 aliphatic carbocycles. The first kappa shape index (κ1) is 28.4. The molecule has 0 spiro atoms. The summed E-state index contributed by atoms with van der Waals surface area (Å²) in [7, 11) is 0. The van der Waals surface area contributed by atoms with Crippen molar-refractivity contribution in [1.29, 1.82) is 0 Å². The lowest BCUT2D eigenvalue weighted by Gasteiger charge is -2.44. The fourth-order valence-electron chi connectivity index (χ4n) is 4.46. The van der Waals surface area contributed by atoms with Crippen molar-refractivity contribution in [3.8, 4) is 0 Å². The number of β-lactam (4-membered cyclic amide) rings is 1. The minimum Gasteiger partial charge on any atom is -0.480 e. The summed E-state index contributed by atoms with van der Waals surface area (Å²) >= 11 is 1.85. The first-order valence-electron chi connectivity index (χ1n) is 11.4. The number of carboxylic acid groups (broad SMARTS) is 1. The summed E-state index contributed by atoms with van der Waals surface area (Å²) in [6.07, 6.45) is 0. The molecule has 0 saturated carbocycles. The molecule has 12 nitrogen and oxygen atoms in total. The Morgan fingerprint density at radius 3 is 2.30 bits per heavy atom. The molecule has 0 aromatic heterocycles. The monoisotopic (exact) mass is 551 g/mol. The molecule has 200 valence electrons. The van der Waals surface area contributed by atoms with E-state index in [4.69, 9.17) is 0 Å². The molecule has 2 aliphatic rings. The van der Waals surface area contributed by atoms with Crippen LogP contribution in [0.5, 0.6) is 0 Å². The Labute approximate surface area is 222 Å². The van der Waals surface area contributed by atoms with Crippen LogP contribution in [-0.2, 0) is 24.0 Å². The number of nitrogens with zero attached hydrogens (tertiary/aromatic N) is 2. The van der Waals surface area contributed by atoms with E-state index in [1.165, 1.54) is 23.6 Å². The number of amides is 4. The topological polar surface area (TPSA) is 174 Å². The van der Waals surface area contributed by atoms with E-state index < -0.39 is 68.6 Å². The highest BCUT2D eigenvalue weighted by atomic mass is 32.2. The lowest BCUT2D eigenvalue weighted by Crippen LogP contribution is -2.71. The van der Waals surface area contributed by atoms with E-state index in [1.54, 1.807) is 58.0 Å². The van der Waals surface area contributed by atoms with Crippen molar-refractivity contribution in [2.24, 2.45) is 4.58 Å². The van der Waals surface area contributed by atoms with Gasteiger partial charge in [-0.1, -0.05) is 30.3 Å². The molecular formula is C23H29N5O7S2. The number of hydrogen-bond acceptors (Lipinski definition) is 9. The molecule has 1 aromatic carbocycles. The first-order valence-corrected chi connectivity index (χ1v) is 13.0. The van der Waals surface area contributed by atoms with Gasteiger partial charge in [-0.3, -0.25) is 19.2 Å². The van der Waals surface area contributed by atoms with Gasteiger partial charge < -0.3 is 26.0 Å². The van der Waals surface area contributed by atoms with Crippen molar-refractivity contribution >= 4 is 53.3 Å². The summed E-state index contributed by atoms with van der Waals surface area (Å²) < 4.78 is 0.882. The zero-order valence-corrected chi connectivity index (χ0v) is 22.5. The number of thioether (sulfide) groups is 1. The molecule has 4 N–H and O–H groups in total. The standard InChI is InChI=1S/C23H29N5O7S2/c1-11(29)24-15(22(2,3)37-27-35)18(31)25-13(12-9-7-6-8-10-12)17(30)26-14-19(32)28-16(21(33)34)23(4,5)36-20(14)28/h6-10,13-16,20H,1-5H3,(H,24,29)(H,25,31)(H,26,30)(H,33,34). The number of aliphatic carboxylic acids is 1. The highest BCUT2D eigenvalue weighted by Gasteiger charge is 2.64. The van der Waals surface area contributed by atoms with Crippen LogP contribution < -0.4 is 16.0 Å². The number of rotatable bonds is 10. The molecule has 2 saturated heterocycles. The number of carbonyl (C=O) groups is 5. The van der Waals surface area contributed by atoms with Crippen molar-refractivity contribution in [3.05, 3.63) is 40.8 Å². The lowest BCUT2D eigenvalue weighted by molar-refractivity contribution is -0.161. The Balaban J connectivity index is 1.84. The van der Waals surface area contributed by atoms with Gasteiger partial charge in [0.15, 0.2) is 0 Å². The predicted molar refractivity (Wildman–Crippen MR) is 138 cm³/mol. The quantitative estimate of drug-likeness (QED) is 0.189. The molecule has 2 aliphatic heterocycles. The number of carboxylic acids is 1. The van der Waals surface area contributed by atoms with E-state index in [9.17, 15) is 34.0 Å². The maximum Gasteiger partial charge on any atom is 0.327 e. The zero-order chi connectivity index (χ0) is 27.7. The summed E-state index contributed by atoms with van der Waals surface area (Å²) in [5.74, 6) is -3.58. The molecule has 2 heterocycles. The Kier molecular flexibility index (Phi) is 8.22. The Bertz CT molecular complexity index is 1110. The summed E-state index contributed by atoms with van der Waals surface area (Å²) in [4.78, 5) is 75.3. The number of hydrogen-bond donors (Lipinski definition) is 4. The normalized spacial score (nSPS) is 23.6. The maximum atomic E-state index is 13.4. The van der Waals surface area contributed by atoms with E-state index in [1.807, 2.05) is 0 Å². The number of nitroso groups, excluding NO2 is 1. The SMILES string of the molecule is CC(=O)NC(C(=O)NC(C(=O)NC1C(=O)N2C1SC(C)(C)C2C(=O)O)c1ccccc1)C(C)(C)SN=O. The third kappa shape index (κ3) is 5.74. The summed E-state index contributed by atoms with van der Waals surface area (Å²) in [5.41, 5.74) is 0.417. The van der Waals surface area contributed by atoms with Crippen LogP contribution in [-0.4, -0.2) is 72.6 Å². The number of fused-ring (bicyclic) bond motifs is 1. The minimum absolute atomic E-state index is 0.417. The molecule has 0 bridgehead atoms. The van der Waals surface area contributed by atoms with Crippen LogP contribution in [0.15, 0.2) is 34.9 Å². The van der Waals surface area contributed by atoms with Crippen molar-refractivity contribution in [1.82, 2.24) is 20.9 Å². The van der Waals surface area contributed by atoms with Crippen molar-refractivity contribution < 1.29 is 29.1 Å². The molecule has 2 fully saturated rings. The van der Waals surface area contributed by atoms with Crippen LogP contribution in [0.3, 0.4) is 0 Å². The first-order chi connectivity index (χ1) is 17.2. The van der Waals surface area contributed by atoms with E-state index in [0.29, 0.717) is 17.5 Å². The fourth-order valence-corrected chi connectivity index (χ4v) is 6.55. The molecule has 3 rings (SSSR count). The minimum atomic E-state index is -1.24. The van der Waals surface area contributed by atoms with Crippen LogP contribution in [0.2, 0.25) is 0 Å². The van der Waals surface area contributed by atoms with Gasteiger partial charge in [-0.05, 0) is 33.3 Å². The summed E-state index contributed by atoms with van der Waals surface area (Å²) in [6, 6.07) is 3.85. The van der Waals surface area contributed by atoms with E-state index in [0.717, 1.165) is 0 Å². The highest BCUT2D eigenvalue weighted by Crippen LogP contribution is 2.50. The smallest absolute Gasteiger partial charge is 0.327 e.